The third-order valence-electron chi connectivity index (χ3n) is 3.69. The molecule has 1 aromatic heterocycles. The first-order chi connectivity index (χ1) is 13.1. The number of hydrogen-bond donors (Lipinski definition) is 1. The lowest BCUT2D eigenvalue weighted by atomic mass is 10.1. The van der Waals surface area contributed by atoms with Gasteiger partial charge in [-0.15, -0.1) is 11.3 Å². The highest BCUT2D eigenvalue weighted by Crippen LogP contribution is 2.32. The minimum atomic E-state index is -0.350. The Morgan fingerprint density at radius 3 is 2.52 bits per heavy atom. The molecule has 0 atom stereocenters. The van der Waals surface area contributed by atoms with Crippen molar-refractivity contribution in [2.45, 2.75) is 13.3 Å². The van der Waals surface area contributed by atoms with Crippen LogP contribution in [0.5, 0.6) is 0 Å². The molecule has 1 amide bonds. The number of thiazole rings is 1. The molecular formula is C20H17ClN2O3S. The van der Waals surface area contributed by atoms with Crippen LogP contribution in [0.25, 0.3) is 11.3 Å². The molecule has 0 aliphatic rings. The summed E-state index contributed by atoms with van der Waals surface area (Å²) in [5.41, 5.74) is 1.89. The predicted molar refractivity (Wildman–Crippen MR) is 107 cm³/mol. The number of amides is 1. The molecule has 0 fully saturated rings. The molecule has 0 radical (unpaired) electrons. The van der Waals surface area contributed by atoms with Gasteiger partial charge in [0.05, 0.1) is 29.3 Å². The number of benzene rings is 2. The lowest BCUT2D eigenvalue weighted by Crippen LogP contribution is -2.12. The Labute approximate surface area is 166 Å². The van der Waals surface area contributed by atoms with Crippen LogP contribution in [-0.4, -0.2) is 23.5 Å². The highest BCUT2D eigenvalue weighted by molar-refractivity contribution is 7.16. The Balaban J connectivity index is 1.90. The van der Waals surface area contributed by atoms with E-state index in [4.69, 9.17) is 16.3 Å². The number of carbonyl (C=O) groups is 2. The number of carbonyl (C=O) groups excluding carboxylic acids is 2. The Hall–Kier alpha value is -2.70. The number of anilines is 1. The monoisotopic (exact) mass is 400 g/mol. The van der Waals surface area contributed by atoms with Crippen molar-refractivity contribution in [2.24, 2.45) is 0 Å². The first-order valence-corrected chi connectivity index (χ1v) is 9.54. The fourth-order valence-corrected chi connectivity index (χ4v) is 3.69. The number of aromatic nitrogens is 1. The SMILES string of the molecule is CCOC(=O)Cc1sc(NC(=O)c2ccccc2Cl)nc1-c1ccccc1. The van der Waals surface area contributed by atoms with Gasteiger partial charge in [0.15, 0.2) is 5.13 Å². The van der Waals surface area contributed by atoms with Gasteiger partial charge in [-0.3, -0.25) is 14.9 Å². The van der Waals surface area contributed by atoms with Crippen molar-refractivity contribution in [1.82, 2.24) is 4.98 Å². The molecule has 0 unspecified atom stereocenters. The highest BCUT2D eigenvalue weighted by atomic mass is 35.5. The molecular weight excluding hydrogens is 384 g/mol. The van der Waals surface area contributed by atoms with E-state index in [1.807, 2.05) is 30.3 Å². The highest BCUT2D eigenvalue weighted by Gasteiger charge is 2.19. The van der Waals surface area contributed by atoms with Gasteiger partial charge in [-0.25, -0.2) is 4.98 Å². The molecule has 138 valence electrons. The third-order valence-corrected chi connectivity index (χ3v) is 4.99. The number of esters is 1. The summed E-state index contributed by atoms with van der Waals surface area (Å²) in [6.45, 7) is 2.08. The van der Waals surface area contributed by atoms with E-state index in [2.05, 4.69) is 10.3 Å². The van der Waals surface area contributed by atoms with Crippen LogP contribution in [0.2, 0.25) is 5.02 Å². The van der Waals surface area contributed by atoms with Crippen molar-refractivity contribution in [3.8, 4) is 11.3 Å². The molecule has 3 aromatic rings. The van der Waals surface area contributed by atoms with Crippen LogP contribution in [-0.2, 0) is 16.0 Å². The Morgan fingerprint density at radius 1 is 1.11 bits per heavy atom. The van der Waals surface area contributed by atoms with Crippen LogP contribution in [0.15, 0.2) is 54.6 Å². The fourth-order valence-electron chi connectivity index (χ4n) is 2.50. The van der Waals surface area contributed by atoms with Gasteiger partial charge < -0.3 is 4.74 Å². The van der Waals surface area contributed by atoms with Crippen LogP contribution in [0.3, 0.4) is 0 Å². The minimum absolute atomic E-state index is 0.0949. The van der Waals surface area contributed by atoms with Crippen molar-refractivity contribution in [1.29, 1.82) is 0 Å². The zero-order chi connectivity index (χ0) is 19.2. The summed E-state index contributed by atoms with van der Waals surface area (Å²) in [5, 5.41) is 3.53. The molecule has 1 heterocycles. The van der Waals surface area contributed by atoms with Crippen molar-refractivity contribution in [3.05, 3.63) is 70.1 Å². The van der Waals surface area contributed by atoms with Gasteiger partial charge in [-0.1, -0.05) is 54.1 Å². The summed E-state index contributed by atoms with van der Waals surface area (Å²) >= 11 is 7.33. The molecule has 0 saturated carbocycles. The molecule has 2 aromatic carbocycles. The van der Waals surface area contributed by atoms with Gasteiger partial charge in [-0.05, 0) is 19.1 Å². The fraction of sp³-hybridized carbons (Fsp3) is 0.150. The summed E-state index contributed by atoms with van der Waals surface area (Å²) in [7, 11) is 0. The summed E-state index contributed by atoms with van der Waals surface area (Å²) in [5.74, 6) is -0.682. The van der Waals surface area contributed by atoms with Gasteiger partial charge in [0.25, 0.3) is 5.91 Å². The van der Waals surface area contributed by atoms with Gasteiger partial charge >= 0.3 is 5.97 Å². The second-order valence-electron chi connectivity index (χ2n) is 5.57. The van der Waals surface area contributed by atoms with Crippen molar-refractivity contribution >= 4 is 39.9 Å². The molecule has 27 heavy (non-hydrogen) atoms. The summed E-state index contributed by atoms with van der Waals surface area (Å²) in [6, 6.07) is 16.3. The first-order valence-electron chi connectivity index (χ1n) is 8.35. The Kier molecular flexibility index (Phi) is 6.21. The summed E-state index contributed by atoms with van der Waals surface area (Å²) in [4.78, 5) is 29.7. The normalized spacial score (nSPS) is 10.4. The van der Waals surface area contributed by atoms with Crippen LogP contribution in [0, 0.1) is 0 Å². The van der Waals surface area contributed by atoms with E-state index in [1.165, 1.54) is 11.3 Å². The summed E-state index contributed by atoms with van der Waals surface area (Å²) < 4.78 is 5.05. The van der Waals surface area contributed by atoms with Crippen LogP contribution in [0.4, 0.5) is 5.13 Å². The second kappa shape index (κ2) is 8.79. The van der Waals surface area contributed by atoms with Crippen molar-refractivity contribution in [3.63, 3.8) is 0 Å². The maximum Gasteiger partial charge on any atom is 0.311 e. The van der Waals surface area contributed by atoms with Gasteiger partial charge in [0.1, 0.15) is 0 Å². The number of ether oxygens (including phenoxy) is 1. The molecule has 0 bridgehead atoms. The maximum absolute atomic E-state index is 12.5. The standard InChI is InChI=1S/C20H17ClN2O3S/c1-2-26-17(24)12-16-18(13-8-4-3-5-9-13)22-20(27-16)23-19(25)14-10-6-7-11-15(14)21/h3-11H,2,12H2,1H3,(H,22,23,25). The number of nitrogens with zero attached hydrogens (tertiary/aromatic N) is 1. The zero-order valence-electron chi connectivity index (χ0n) is 14.6. The molecule has 1 N–H and O–H groups in total. The van der Waals surface area contributed by atoms with Crippen molar-refractivity contribution in [2.75, 3.05) is 11.9 Å². The van der Waals surface area contributed by atoms with Gasteiger partial charge in [0, 0.05) is 10.4 Å². The second-order valence-corrected chi connectivity index (χ2v) is 7.06. The van der Waals surface area contributed by atoms with Gasteiger partial charge in [0.2, 0.25) is 0 Å². The van der Waals surface area contributed by atoms with Gasteiger partial charge in [-0.2, -0.15) is 0 Å². The van der Waals surface area contributed by atoms with E-state index in [0.717, 1.165) is 10.4 Å². The summed E-state index contributed by atoms with van der Waals surface area (Å²) in [6.07, 6.45) is 0.0949. The molecule has 5 nitrogen and oxygen atoms in total. The Bertz CT molecular complexity index is 957. The topological polar surface area (TPSA) is 68.3 Å². The lowest BCUT2D eigenvalue weighted by molar-refractivity contribution is -0.142. The largest absolute Gasteiger partial charge is 0.466 e. The molecule has 7 heteroatoms. The molecule has 0 spiro atoms. The predicted octanol–water partition coefficient (Wildman–Crippen LogP) is 4.82. The Morgan fingerprint density at radius 2 is 1.81 bits per heavy atom. The lowest BCUT2D eigenvalue weighted by Gasteiger charge is -2.03. The molecule has 0 saturated heterocycles. The van der Waals surface area contributed by atoms with E-state index in [1.54, 1.807) is 31.2 Å². The average Bonchev–Trinajstić information content (AvgIpc) is 3.05. The number of hydrogen-bond acceptors (Lipinski definition) is 5. The van der Waals surface area contributed by atoms with Crippen molar-refractivity contribution < 1.29 is 14.3 Å². The van der Waals surface area contributed by atoms with E-state index in [0.29, 0.717) is 28.0 Å². The van der Waals surface area contributed by atoms with E-state index < -0.39 is 0 Å². The third kappa shape index (κ3) is 4.72. The smallest absolute Gasteiger partial charge is 0.311 e. The van der Waals surface area contributed by atoms with E-state index >= 15 is 0 Å². The van der Waals surface area contributed by atoms with Crippen LogP contribution >= 0.6 is 22.9 Å². The molecule has 0 aliphatic carbocycles. The average molecular weight is 401 g/mol. The first kappa shape index (κ1) is 19.1. The van der Waals surface area contributed by atoms with Crippen LogP contribution < -0.4 is 5.32 Å². The molecule has 3 rings (SSSR count). The maximum atomic E-state index is 12.5. The number of rotatable bonds is 6. The molecule has 0 aliphatic heterocycles. The van der Waals surface area contributed by atoms with E-state index in [-0.39, 0.29) is 18.3 Å². The zero-order valence-corrected chi connectivity index (χ0v) is 16.1. The quantitative estimate of drug-likeness (QED) is 0.602. The van der Waals surface area contributed by atoms with Crippen LogP contribution in [0.1, 0.15) is 22.2 Å². The van der Waals surface area contributed by atoms with E-state index in [9.17, 15) is 9.59 Å². The minimum Gasteiger partial charge on any atom is -0.466 e. The number of nitrogens with one attached hydrogen (secondary N) is 1. The number of halogens is 1.